The molecule has 1 unspecified atom stereocenters. The highest BCUT2D eigenvalue weighted by atomic mass is 16.3. The topological polar surface area (TPSA) is 70.5 Å². The second-order valence-corrected chi connectivity index (χ2v) is 10.0. The van der Waals surface area contributed by atoms with Crippen LogP contribution in [0.25, 0.3) is 5.76 Å². The van der Waals surface area contributed by atoms with Gasteiger partial charge in [0.1, 0.15) is 5.76 Å². The van der Waals surface area contributed by atoms with Crippen molar-refractivity contribution < 1.29 is 14.7 Å². The number of aryl methyl sites for hydroxylation is 3. The van der Waals surface area contributed by atoms with E-state index in [9.17, 15) is 14.7 Å². The van der Waals surface area contributed by atoms with Crippen molar-refractivity contribution in [2.45, 2.75) is 53.0 Å². The Morgan fingerprint density at radius 1 is 0.941 bits per heavy atom. The third kappa shape index (κ3) is 4.03. The molecule has 4 rings (SSSR count). The van der Waals surface area contributed by atoms with Crippen LogP contribution in [0.5, 0.6) is 0 Å². The van der Waals surface area contributed by atoms with Crippen LogP contribution in [-0.4, -0.2) is 21.8 Å². The van der Waals surface area contributed by atoms with Crippen molar-refractivity contribution in [3.05, 3.63) is 99.9 Å². The summed E-state index contributed by atoms with van der Waals surface area (Å²) in [5, 5.41) is 11.5. The van der Waals surface area contributed by atoms with Gasteiger partial charge in [0.25, 0.3) is 11.7 Å². The number of pyridine rings is 1. The zero-order valence-corrected chi connectivity index (χ0v) is 20.5. The van der Waals surface area contributed by atoms with Gasteiger partial charge < -0.3 is 5.11 Å². The quantitative estimate of drug-likeness (QED) is 0.302. The van der Waals surface area contributed by atoms with Crippen LogP contribution in [0.1, 0.15) is 60.2 Å². The first-order valence-corrected chi connectivity index (χ1v) is 11.4. The first kappa shape index (κ1) is 23.4. The van der Waals surface area contributed by atoms with Gasteiger partial charge in [0, 0.05) is 23.6 Å². The Bertz CT molecular complexity index is 1320. The number of amides is 1. The van der Waals surface area contributed by atoms with E-state index in [0.29, 0.717) is 16.8 Å². The van der Waals surface area contributed by atoms with Gasteiger partial charge in [-0.05, 0) is 78.3 Å². The van der Waals surface area contributed by atoms with E-state index in [-0.39, 0.29) is 16.7 Å². The fourth-order valence-electron chi connectivity index (χ4n) is 4.32. The van der Waals surface area contributed by atoms with Gasteiger partial charge in [-0.3, -0.25) is 19.5 Å². The maximum absolute atomic E-state index is 13.4. The normalized spacial score (nSPS) is 17.9. The number of aliphatic hydroxyl groups excluding tert-OH is 1. The molecule has 3 aromatic rings. The maximum atomic E-state index is 13.4. The van der Waals surface area contributed by atoms with Crippen LogP contribution >= 0.6 is 0 Å². The number of anilines is 1. The fraction of sp³-hybridized carbons (Fsp3) is 0.276. The maximum Gasteiger partial charge on any atom is 0.300 e. The molecule has 0 bridgehead atoms. The number of carbonyl (C=O) groups excluding carboxylic acids is 2. The highest BCUT2D eigenvalue weighted by molar-refractivity contribution is 6.51. The largest absolute Gasteiger partial charge is 0.507 e. The van der Waals surface area contributed by atoms with E-state index >= 15 is 0 Å². The molecule has 0 radical (unpaired) electrons. The first-order chi connectivity index (χ1) is 16.0. The molecule has 5 heteroatoms. The minimum atomic E-state index is -0.784. The minimum Gasteiger partial charge on any atom is -0.507 e. The molecule has 0 spiro atoms. The third-order valence-corrected chi connectivity index (χ3v) is 6.57. The summed E-state index contributed by atoms with van der Waals surface area (Å²) < 4.78 is 0. The van der Waals surface area contributed by atoms with Gasteiger partial charge >= 0.3 is 0 Å². The molecule has 1 aromatic heterocycles. The molecule has 2 aromatic carbocycles. The summed E-state index contributed by atoms with van der Waals surface area (Å²) in [6.07, 6.45) is 3.28. The van der Waals surface area contributed by atoms with Crippen molar-refractivity contribution in [1.29, 1.82) is 0 Å². The van der Waals surface area contributed by atoms with E-state index in [1.54, 1.807) is 18.5 Å². The summed E-state index contributed by atoms with van der Waals surface area (Å²) in [7, 11) is 0. The lowest BCUT2D eigenvalue weighted by atomic mass is 9.84. The molecule has 34 heavy (non-hydrogen) atoms. The number of carbonyl (C=O) groups is 2. The van der Waals surface area contributed by atoms with Crippen molar-refractivity contribution in [3.8, 4) is 0 Å². The molecule has 1 saturated heterocycles. The van der Waals surface area contributed by atoms with Crippen molar-refractivity contribution >= 4 is 23.1 Å². The van der Waals surface area contributed by atoms with Gasteiger partial charge in [-0.25, -0.2) is 0 Å². The van der Waals surface area contributed by atoms with Gasteiger partial charge in [0.15, 0.2) is 0 Å². The van der Waals surface area contributed by atoms with E-state index < -0.39 is 17.7 Å². The number of nitrogens with zero attached hydrogens (tertiary/aromatic N) is 2. The van der Waals surface area contributed by atoms with Crippen molar-refractivity contribution in [2.24, 2.45) is 0 Å². The van der Waals surface area contributed by atoms with E-state index in [0.717, 1.165) is 22.3 Å². The Balaban J connectivity index is 1.98. The number of rotatable bonds is 3. The number of ketones is 1. The Morgan fingerprint density at radius 3 is 2.26 bits per heavy atom. The lowest BCUT2D eigenvalue weighted by molar-refractivity contribution is -0.132. The summed E-state index contributed by atoms with van der Waals surface area (Å²) in [6.45, 7) is 12.1. The van der Waals surface area contributed by atoms with Crippen molar-refractivity contribution in [3.63, 3.8) is 0 Å². The van der Waals surface area contributed by atoms with E-state index in [1.807, 2.05) is 63.2 Å². The molecule has 1 atom stereocenters. The molecule has 5 nitrogen and oxygen atoms in total. The molecule has 174 valence electrons. The second kappa shape index (κ2) is 8.56. The molecule has 2 heterocycles. The van der Waals surface area contributed by atoms with Gasteiger partial charge in [-0.1, -0.05) is 45.0 Å². The SMILES string of the molecule is Cc1ccc(N2C(=O)C(=O)/C(=C(/O)c3cc(C(C)(C)C)ccc3C)C2c2cccnc2)cc1C. The number of benzene rings is 2. The molecule has 1 aliphatic rings. The van der Waals surface area contributed by atoms with E-state index in [2.05, 4.69) is 25.8 Å². The van der Waals surface area contributed by atoms with Gasteiger partial charge in [-0.2, -0.15) is 0 Å². The number of aliphatic hydroxyl groups is 1. The van der Waals surface area contributed by atoms with Crippen molar-refractivity contribution in [2.75, 3.05) is 4.90 Å². The molecule has 1 amide bonds. The van der Waals surface area contributed by atoms with Crippen molar-refractivity contribution in [1.82, 2.24) is 4.98 Å². The predicted octanol–water partition coefficient (Wildman–Crippen LogP) is 5.93. The average molecular weight is 455 g/mol. The van der Waals surface area contributed by atoms with Gasteiger partial charge in [0.2, 0.25) is 0 Å². The summed E-state index contributed by atoms with van der Waals surface area (Å²) in [5.41, 5.74) is 5.71. The Morgan fingerprint density at radius 2 is 1.65 bits per heavy atom. The fourth-order valence-corrected chi connectivity index (χ4v) is 4.32. The number of Topliss-reactive ketones (excluding diaryl/α,β-unsaturated/α-hetero) is 1. The Labute approximate surface area is 200 Å². The van der Waals surface area contributed by atoms with E-state index in [4.69, 9.17) is 0 Å². The lowest BCUT2D eigenvalue weighted by Crippen LogP contribution is -2.29. The molecule has 0 aliphatic carbocycles. The van der Waals surface area contributed by atoms with Crippen LogP contribution < -0.4 is 4.90 Å². The van der Waals surface area contributed by atoms with Gasteiger partial charge in [-0.15, -0.1) is 0 Å². The summed E-state index contributed by atoms with van der Waals surface area (Å²) in [5.74, 6) is -1.53. The van der Waals surface area contributed by atoms with Crippen LogP contribution in [0.15, 0.2) is 66.5 Å². The molecule has 0 saturated carbocycles. The molecule has 1 N–H and O–H groups in total. The molecular formula is C29H30N2O3. The highest BCUT2D eigenvalue weighted by Crippen LogP contribution is 2.43. The summed E-state index contributed by atoms with van der Waals surface area (Å²) in [4.78, 5) is 32.4. The van der Waals surface area contributed by atoms with Crippen LogP contribution in [0.4, 0.5) is 5.69 Å². The Hall–Kier alpha value is -3.73. The summed E-state index contributed by atoms with van der Waals surface area (Å²) >= 11 is 0. The monoisotopic (exact) mass is 454 g/mol. The van der Waals surface area contributed by atoms with Crippen LogP contribution in [0, 0.1) is 20.8 Å². The zero-order chi connectivity index (χ0) is 24.8. The van der Waals surface area contributed by atoms with Gasteiger partial charge in [0.05, 0.1) is 11.6 Å². The summed E-state index contributed by atoms with van der Waals surface area (Å²) in [6, 6.07) is 14.3. The Kier molecular flexibility index (Phi) is 5.90. The average Bonchev–Trinajstić information content (AvgIpc) is 3.06. The van der Waals surface area contributed by atoms with E-state index in [1.165, 1.54) is 4.90 Å². The lowest BCUT2D eigenvalue weighted by Gasteiger charge is -2.26. The standard InChI is InChI=1S/C29H30N2O3/c1-17-10-12-22(14-19(17)3)31-25(20-8-7-13-30-16-20)24(27(33)28(31)34)26(32)23-15-21(29(4,5)6)11-9-18(23)2/h7-16,25,32H,1-6H3/b26-24+. The molecule has 1 fully saturated rings. The number of hydrogen-bond acceptors (Lipinski definition) is 4. The van der Waals surface area contributed by atoms with Crippen LogP contribution in [-0.2, 0) is 15.0 Å². The predicted molar refractivity (Wildman–Crippen MR) is 135 cm³/mol. The van der Waals surface area contributed by atoms with Crippen LogP contribution in [0.2, 0.25) is 0 Å². The molecule has 1 aliphatic heterocycles. The highest BCUT2D eigenvalue weighted by Gasteiger charge is 2.47. The molecular weight excluding hydrogens is 424 g/mol. The zero-order valence-electron chi connectivity index (χ0n) is 20.5. The smallest absolute Gasteiger partial charge is 0.300 e. The van der Waals surface area contributed by atoms with Crippen LogP contribution in [0.3, 0.4) is 0 Å². The first-order valence-electron chi connectivity index (χ1n) is 11.4. The minimum absolute atomic E-state index is 0.0744. The number of hydrogen-bond donors (Lipinski definition) is 1. The number of aromatic nitrogens is 1. The second-order valence-electron chi connectivity index (χ2n) is 10.0. The third-order valence-electron chi connectivity index (χ3n) is 6.57.